The Hall–Kier alpha value is -0.730. The van der Waals surface area contributed by atoms with Gasteiger partial charge in [0.2, 0.25) is 0 Å². The second kappa shape index (κ2) is 8.53. The van der Waals surface area contributed by atoms with E-state index in [1.807, 2.05) is 0 Å². The Labute approximate surface area is 129 Å². The molecule has 2 nitrogen and oxygen atoms in total. The monoisotopic (exact) mass is 296 g/mol. The van der Waals surface area contributed by atoms with Crippen molar-refractivity contribution in [3.8, 4) is 0 Å². The van der Waals surface area contributed by atoms with Crippen molar-refractivity contribution in [1.82, 2.24) is 5.32 Å². The van der Waals surface area contributed by atoms with Crippen molar-refractivity contribution in [2.24, 2.45) is 5.92 Å². The van der Waals surface area contributed by atoms with E-state index in [1.165, 1.54) is 12.0 Å². The van der Waals surface area contributed by atoms with E-state index < -0.39 is 0 Å². The Morgan fingerprint density at radius 1 is 1.25 bits per heavy atom. The van der Waals surface area contributed by atoms with Crippen LogP contribution >= 0.6 is 11.6 Å². The second-order valence-corrected chi connectivity index (χ2v) is 6.40. The predicted octanol–water partition coefficient (Wildman–Crippen LogP) is 4.88. The van der Waals surface area contributed by atoms with Crippen molar-refractivity contribution < 1.29 is 0 Å². The van der Waals surface area contributed by atoms with Gasteiger partial charge in [-0.15, -0.1) is 0 Å². The van der Waals surface area contributed by atoms with Gasteiger partial charge in [-0.05, 0) is 49.9 Å². The van der Waals surface area contributed by atoms with Crippen LogP contribution in [0.15, 0.2) is 18.2 Å². The quantitative estimate of drug-likeness (QED) is 0.735. The maximum atomic E-state index is 6.45. The van der Waals surface area contributed by atoms with E-state index in [0.717, 1.165) is 30.2 Å². The average molecular weight is 297 g/mol. The highest BCUT2D eigenvalue weighted by atomic mass is 35.5. The maximum Gasteiger partial charge on any atom is 0.0642 e. The van der Waals surface area contributed by atoms with Crippen LogP contribution in [0.3, 0.4) is 0 Å². The third kappa shape index (κ3) is 5.34. The topological polar surface area (TPSA) is 15.3 Å². The van der Waals surface area contributed by atoms with Crippen LogP contribution in [0.1, 0.15) is 52.1 Å². The summed E-state index contributed by atoms with van der Waals surface area (Å²) < 4.78 is 0. The molecule has 0 heterocycles. The van der Waals surface area contributed by atoms with E-state index >= 15 is 0 Å². The fourth-order valence-corrected chi connectivity index (χ4v) is 2.49. The van der Waals surface area contributed by atoms with Gasteiger partial charge in [0, 0.05) is 19.6 Å². The molecular weight excluding hydrogens is 268 g/mol. The summed E-state index contributed by atoms with van der Waals surface area (Å²) in [7, 11) is 2.11. The summed E-state index contributed by atoms with van der Waals surface area (Å²) in [6, 6.07) is 6.76. The number of anilines is 1. The minimum absolute atomic E-state index is 0.350. The molecule has 0 aromatic heterocycles. The van der Waals surface area contributed by atoms with Crippen LogP contribution in [0, 0.1) is 5.92 Å². The van der Waals surface area contributed by atoms with Crippen LogP contribution in [0.2, 0.25) is 5.02 Å². The lowest BCUT2D eigenvalue weighted by Crippen LogP contribution is -2.21. The normalized spacial score (nSPS) is 12.8. The predicted molar refractivity (Wildman–Crippen MR) is 90.9 cm³/mol. The van der Waals surface area contributed by atoms with E-state index in [4.69, 9.17) is 11.6 Å². The van der Waals surface area contributed by atoms with Gasteiger partial charge >= 0.3 is 0 Å². The molecule has 0 aliphatic carbocycles. The summed E-state index contributed by atoms with van der Waals surface area (Å²) in [6.45, 7) is 10.9. The lowest BCUT2D eigenvalue weighted by atomic mass is 10.1. The summed E-state index contributed by atoms with van der Waals surface area (Å²) in [4.78, 5) is 2.25. The summed E-state index contributed by atoms with van der Waals surface area (Å²) in [6.07, 6.45) is 2.33. The molecule has 0 spiro atoms. The molecule has 0 aliphatic rings. The molecule has 1 aromatic carbocycles. The summed E-state index contributed by atoms with van der Waals surface area (Å²) in [5.41, 5.74) is 2.38. The van der Waals surface area contributed by atoms with Crippen LogP contribution in [-0.2, 0) is 0 Å². The Bertz CT molecular complexity index is 404. The average Bonchev–Trinajstić information content (AvgIpc) is 2.41. The van der Waals surface area contributed by atoms with E-state index in [9.17, 15) is 0 Å². The fraction of sp³-hybridized carbons (Fsp3) is 0.647. The molecule has 0 radical (unpaired) electrons. The summed E-state index contributed by atoms with van der Waals surface area (Å²) >= 11 is 6.45. The number of halogens is 1. The highest BCUT2D eigenvalue weighted by Crippen LogP contribution is 2.28. The SMILES string of the molecule is CCCNC(C)c1ccc(N(C)CCC(C)C)c(Cl)c1. The number of hydrogen-bond acceptors (Lipinski definition) is 2. The lowest BCUT2D eigenvalue weighted by molar-refractivity contribution is 0.570. The first kappa shape index (κ1) is 17.3. The summed E-state index contributed by atoms with van der Waals surface area (Å²) in [5.74, 6) is 0.716. The van der Waals surface area contributed by atoms with E-state index in [0.29, 0.717) is 12.0 Å². The van der Waals surface area contributed by atoms with Gasteiger partial charge in [-0.3, -0.25) is 0 Å². The van der Waals surface area contributed by atoms with E-state index in [1.54, 1.807) is 0 Å². The smallest absolute Gasteiger partial charge is 0.0642 e. The Morgan fingerprint density at radius 3 is 2.50 bits per heavy atom. The number of hydrogen-bond donors (Lipinski definition) is 1. The fourth-order valence-electron chi connectivity index (χ4n) is 2.15. The molecule has 1 atom stereocenters. The van der Waals surface area contributed by atoms with Crippen molar-refractivity contribution >= 4 is 17.3 Å². The van der Waals surface area contributed by atoms with Crippen LogP contribution in [0.4, 0.5) is 5.69 Å². The first-order chi connectivity index (χ1) is 9.45. The zero-order valence-corrected chi connectivity index (χ0v) is 14.3. The molecule has 1 N–H and O–H groups in total. The van der Waals surface area contributed by atoms with Crippen LogP contribution in [-0.4, -0.2) is 20.1 Å². The first-order valence-corrected chi connectivity index (χ1v) is 8.07. The Balaban J connectivity index is 2.72. The van der Waals surface area contributed by atoms with Gasteiger partial charge < -0.3 is 10.2 Å². The van der Waals surface area contributed by atoms with Crippen LogP contribution < -0.4 is 10.2 Å². The van der Waals surface area contributed by atoms with Gasteiger partial charge in [-0.25, -0.2) is 0 Å². The first-order valence-electron chi connectivity index (χ1n) is 7.69. The summed E-state index contributed by atoms with van der Waals surface area (Å²) in [5, 5.41) is 4.34. The minimum atomic E-state index is 0.350. The number of nitrogens with one attached hydrogen (secondary N) is 1. The van der Waals surface area contributed by atoms with Crippen molar-refractivity contribution in [1.29, 1.82) is 0 Å². The molecule has 20 heavy (non-hydrogen) atoms. The van der Waals surface area contributed by atoms with Gasteiger partial charge in [0.05, 0.1) is 10.7 Å². The van der Waals surface area contributed by atoms with Gasteiger partial charge in [-0.2, -0.15) is 0 Å². The highest BCUT2D eigenvalue weighted by molar-refractivity contribution is 6.33. The van der Waals surface area contributed by atoms with Crippen molar-refractivity contribution in [2.75, 3.05) is 25.0 Å². The number of nitrogens with zero attached hydrogens (tertiary/aromatic N) is 1. The highest BCUT2D eigenvalue weighted by Gasteiger charge is 2.10. The van der Waals surface area contributed by atoms with Crippen molar-refractivity contribution in [3.05, 3.63) is 28.8 Å². The zero-order valence-electron chi connectivity index (χ0n) is 13.5. The molecule has 1 aromatic rings. The van der Waals surface area contributed by atoms with Gasteiger partial charge in [-0.1, -0.05) is 38.4 Å². The molecule has 1 unspecified atom stereocenters. The van der Waals surface area contributed by atoms with Gasteiger partial charge in [0.1, 0.15) is 0 Å². The second-order valence-electron chi connectivity index (χ2n) is 5.99. The molecule has 0 saturated heterocycles. The Morgan fingerprint density at radius 2 is 1.95 bits per heavy atom. The number of rotatable bonds is 8. The lowest BCUT2D eigenvalue weighted by Gasteiger charge is -2.23. The van der Waals surface area contributed by atoms with Crippen LogP contribution in [0.5, 0.6) is 0 Å². The third-order valence-electron chi connectivity index (χ3n) is 3.63. The molecule has 0 aliphatic heterocycles. The molecule has 3 heteroatoms. The van der Waals surface area contributed by atoms with Gasteiger partial charge in [0.25, 0.3) is 0 Å². The minimum Gasteiger partial charge on any atom is -0.373 e. The van der Waals surface area contributed by atoms with E-state index in [-0.39, 0.29) is 0 Å². The standard InChI is InChI=1S/C17H29ClN2/c1-6-10-19-14(4)15-7-8-17(16(18)12-15)20(5)11-9-13(2)3/h7-8,12-14,19H,6,9-11H2,1-5H3. The largest absolute Gasteiger partial charge is 0.373 e. The molecule has 0 amide bonds. The van der Waals surface area contributed by atoms with Crippen molar-refractivity contribution in [3.63, 3.8) is 0 Å². The van der Waals surface area contributed by atoms with Crippen LogP contribution in [0.25, 0.3) is 0 Å². The van der Waals surface area contributed by atoms with Gasteiger partial charge in [0.15, 0.2) is 0 Å². The Kier molecular flexibility index (Phi) is 7.39. The molecular formula is C17H29ClN2. The zero-order chi connectivity index (χ0) is 15.1. The molecule has 0 fully saturated rings. The molecule has 1 rings (SSSR count). The third-order valence-corrected chi connectivity index (χ3v) is 3.93. The molecule has 114 valence electrons. The van der Waals surface area contributed by atoms with Crippen molar-refractivity contribution in [2.45, 2.75) is 46.6 Å². The van der Waals surface area contributed by atoms with E-state index in [2.05, 4.69) is 63.2 Å². The maximum absolute atomic E-state index is 6.45. The molecule has 0 bridgehead atoms. The number of benzene rings is 1. The molecule has 0 saturated carbocycles.